The first-order valence-electron chi connectivity index (χ1n) is 16.8. The van der Waals surface area contributed by atoms with Crippen LogP contribution in [0, 0.1) is 0 Å². The maximum absolute atomic E-state index is 13.3. The Balaban J connectivity index is 1.53. The lowest BCUT2D eigenvalue weighted by atomic mass is 9.64. The van der Waals surface area contributed by atoms with Crippen molar-refractivity contribution < 1.29 is 34.0 Å². The van der Waals surface area contributed by atoms with E-state index in [0.717, 1.165) is 21.7 Å². The predicted molar refractivity (Wildman–Crippen MR) is 205 cm³/mol. The third kappa shape index (κ3) is 8.36. The van der Waals surface area contributed by atoms with Gasteiger partial charge in [0.15, 0.2) is 0 Å². The molecule has 13 nitrogen and oxygen atoms in total. The number of carbonyl (C=O) groups is 2. The number of ether oxygens (including phenoxy) is 3. The molecule has 0 aliphatic carbocycles. The van der Waals surface area contributed by atoms with Crippen molar-refractivity contribution >= 4 is 52.3 Å². The predicted octanol–water partition coefficient (Wildman–Crippen LogP) is 3.99. The molecule has 1 fully saturated rings. The summed E-state index contributed by atoms with van der Waals surface area (Å²) in [5, 5.41) is 26.7. The molecule has 5 rings (SSSR count). The van der Waals surface area contributed by atoms with Crippen molar-refractivity contribution in [1.82, 2.24) is 14.9 Å². The number of hydrogen-bond acceptors (Lipinski definition) is 9. The van der Waals surface area contributed by atoms with Crippen LogP contribution in [0.1, 0.15) is 35.8 Å². The highest BCUT2D eigenvalue weighted by Gasteiger charge is 2.52. The first-order valence-corrected chi connectivity index (χ1v) is 17.9. The van der Waals surface area contributed by atoms with E-state index in [2.05, 4.69) is 16.9 Å². The molecule has 0 bridgehead atoms. The molecular formula is C38H39Cl3N4O9. The van der Waals surface area contributed by atoms with Crippen molar-refractivity contribution in [3.8, 4) is 11.5 Å². The van der Waals surface area contributed by atoms with Gasteiger partial charge >= 0.3 is 5.69 Å². The van der Waals surface area contributed by atoms with E-state index in [1.807, 2.05) is 54.6 Å². The second-order valence-electron chi connectivity index (χ2n) is 12.4. The number of aliphatic hydroxyl groups excluding tert-OH is 2. The zero-order valence-electron chi connectivity index (χ0n) is 29.3. The minimum Gasteiger partial charge on any atom is -0.497 e. The van der Waals surface area contributed by atoms with E-state index in [1.54, 1.807) is 38.5 Å². The fraction of sp³-hybridized carbons (Fsp3) is 0.316. The topological polar surface area (TPSA) is 172 Å². The summed E-state index contributed by atoms with van der Waals surface area (Å²) in [6, 6.07) is 23.6. The molecule has 16 heteroatoms. The normalized spacial score (nSPS) is 17.7. The average molecular weight is 802 g/mol. The van der Waals surface area contributed by atoms with Gasteiger partial charge in [0, 0.05) is 25.7 Å². The molecule has 0 spiro atoms. The van der Waals surface area contributed by atoms with Gasteiger partial charge in [0.25, 0.3) is 21.2 Å². The van der Waals surface area contributed by atoms with Crippen molar-refractivity contribution in [3.05, 3.63) is 135 Å². The zero-order chi connectivity index (χ0) is 39.2. The van der Waals surface area contributed by atoms with Gasteiger partial charge in [-0.1, -0.05) is 96.0 Å². The number of nitrogens with one attached hydrogen (secondary N) is 2. The molecule has 1 aliphatic heterocycles. The highest BCUT2D eigenvalue weighted by Crippen LogP contribution is 2.47. The van der Waals surface area contributed by atoms with Crippen LogP contribution in [0.3, 0.4) is 0 Å². The summed E-state index contributed by atoms with van der Waals surface area (Å²) in [7, 11) is 3.09. The Labute approximate surface area is 325 Å². The largest absolute Gasteiger partial charge is 0.497 e. The van der Waals surface area contributed by atoms with Gasteiger partial charge in [-0.25, -0.2) is 4.79 Å². The summed E-state index contributed by atoms with van der Waals surface area (Å²) in [5.41, 5.74) is -1.36. The Bertz CT molecular complexity index is 2000. The number of aromatic amines is 1. The second kappa shape index (κ2) is 17.2. The zero-order valence-corrected chi connectivity index (χ0v) is 31.6. The fourth-order valence-corrected chi connectivity index (χ4v) is 6.88. The maximum atomic E-state index is 13.3. The minimum absolute atomic E-state index is 0.0196. The summed E-state index contributed by atoms with van der Waals surface area (Å²) in [6.45, 7) is 3.38. The number of amides is 2. The van der Waals surface area contributed by atoms with Crippen LogP contribution in [-0.2, 0) is 19.7 Å². The van der Waals surface area contributed by atoms with Crippen LogP contribution >= 0.6 is 34.8 Å². The number of aliphatic hydroxyl groups is 2. The van der Waals surface area contributed by atoms with Gasteiger partial charge in [-0.05, 0) is 53.5 Å². The van der Waals surface area contributed by atoms with Crippen LogP contribution in [0.15, 0.2) is 107 Å². The number of carbonyl (C=O) groups excluding carboxylic acids is 2. The molecule has 2 heterocycles. The highest BCUT2D eigenvalue weighted by atomic mass is 35.6. The number of hydrogen-bond donors (Lipinski definition) is 4. The third-order valence-corrected chi connectivity index (χ3v) is 9.82. The SMILES string of the molecule is C=CC(=O)N(CCCNC(=O)C(Cl)(Cl)Cl)c1cn([C@H]2C[C@H](O)[C@@H](C(O)C(c3ccccc3)(c3ccc(OC)cc3)c3ccc(OC)cc3)O2)c(=O)[nH]c1=O. The van der Waals surface area contributed by atoms with Crippen LogP contribution in [0.25, 0.3) is 0 Å². The van der Waals surface area contributed by atoms with E-state index in [9.17, 15) is 29.4 Å². The van der Waals surface area contributed by atoms with Crippen molar-refractivity contribution in [1.29, 1.82) is 0 Å². The lowest BCUT2D eigenvalue weighted by molar-refractivity contribution is -0.120. The number of H-pyrrole nitrogens is 1. The van der Waals surface area contributed by atoms with Crippen molar-refractivity contribution in [2.45, 2.75) is 46.6 Å². The van der Waals surface area contributed by atoms with Crippen molar-refractivity contribution in [2.24, 2.45) is 0 Å². The quantitative estimate of drug-likeness (QED) is 0.0637. The number of anilines is 1. The summed E-state index contributed by atoms with van der Waals surface area (Å²) in [6.07, 6.45) is -3.16. The third-order valence-electron chi connectivity index (χ3n) is 9.30. The Morgan fingerprint density at radius 2 is 1.56 bits per heavy atom. The van der Waals surface area contributed by atoms with E-state index in [-0.39, 0.29) is 31.6 Å². The first-order chi connectivity index (χ1) is 25.8. The molecule has 54 heavy (non-hydrogen) atoms. The summed E-state index contributed by atoms with van der Waals surface area (Å²) < 4.78 is 16.1. The average Bonchev–Trinajstić information content (AvgIpc) is 3.56. The Morgan fingerprint density at radius 3 is 2.07 bits per heavy atom. The molecular weight excluding hydrogens is 763 g/mol. The molecule has 286 valence electrons. The van der Waals surface area contributed by atoms with Gasteiger partial charge in [-0.2, -0.15) is 0 Å². The van der Waals surface area contributed by atoms with Gasteiger partial charge in [-0.3, -0.25) is 23.9 Å². The molecule has 4 atom stereocenters. The molecule has 1 aliphatic rings. The van der Waals surface area contributed by atoms with Crippen LogP contribution in [0.5, 0.6) is 11.5 Å². The molecule has 0 saturated carbocycles. The van der Waals surface area contributed by atoms with Crippen molar-refractivity contribution in [2.75, 3.05) is 32.2 Å². The number of halogens is 3. The Hall–Kier alpha value is -4.63. The lowest BCUT2D eigenvalue weighted by Crippen LogP contribution is -2.51. The minimum atomic E-state index is -2.19. The smallest absolute Gasteiger partial charge is 0.330 e. The maximum Gasteiger partial charge on any atom is 0.330 e. The van der Waals surface area contributed by atoms with Gasteiger partial charge in [-0.15, -0.1) is 0 Å². The number of nitrogens with zero attached hydrogens (tertiary/aromatic N) is 2. The molecule has 3 aromatic carbocycles. The molecule has 1 aromatic heterocycles. The standard InChI is InChI=1S/C38H39Cl3N4O9/c1-4-30(47)44(20-8-19-42-35(50)38(39,40)41)28-22-45(36(51)43-34(28)49)31-21-29(46)32(54-31)33(48)37(23-9-6-5-7-10-23,24-11-15-26(52-2)16-12-24)25-13-17-27(53-3)18-14-25/h4-7,9-18,22,29,31-33,46,48H,1,8,19-21H2,2-3H3,(H,42,50)(H,43,49,51)/t29-,31+,32-,33?/m0/s1. The summed E-state index contributed by atoms with van der Waals surface area (Å²) in [4.78, 5) is 54.6. The number of benzene rings is 3. The van der Waals surface area contributed by atoms with Crippen molar-refractivity contribution in [3.63, 3.8) is 0 Å². The number of rotatable bonds is 14. The van der Waals surface area contributed by atoms with Crippen LogP contribution < -0.4 is 30.9 Å². The van der Waals surface area contributed by atoms with Crippen LogP contribution in [0.4, 0.5) is 5.69 Å². The van der Waals surface area contributed by atoms with Gasteiger partial charge in [0.05, 0.1) is 25.7 Å². The number of aromatic nitrogens is 2. The Morgan fingerprint density at radius 1 is 1.00 bits per heavy atom. The van der Waals surface area contributed by atoms with E-state index in [1.165, 1.54) is 0 Å². The molecule has 1 saturated heterocycles. The lowest BCUT2D eigenvalue weighted by Gasteiger charge is -2.43. The highest BCUT2D eigenvalue weighted by molar-refractivity contribution is 6.76. The van der Waals surface area contributed by atoms with E-state index in [0.29, 0.717) is 28.2 Å². The van der Waals surface area contributed by atoms with Crippen LogP contribution in [-0.4, -0.2) is 81.0 Å². The van der Waals surface area contributed by atoms with E-state index < -0.39 is 56.8 Å². The van der Waals surface area contributed by atoms with Gasteiger partial charge < -0.3 is 34.6 Å². The van der Waals surface area contributed by atoms with Gasteiger partial charge in [0.1, 0.15) is 35.6 Å². The van der Waals surface area contributed by atoms with Gasteiger partial charge in [0.2, 0.25) is 0 Å². The molecule has 1 unspecified atom stereocenters. The monoisotopic (exact) mass is 800 g/mol. The van der Waals surface area contributed by atoms with E-state index >= 15 is 0 Å². The van der Waals surface area contributed by atoms with E-state index in [4.69, 9.17) is 49.0 Å². The second-order valence-corrected chi connectivity index (χ2v) is 14.7. The molecule has 4 N–H and O–H groups in total. The number of alkyl halides is 3. The fourth-order valence-electron chi connectivity index (χ4n) is 6.68. The molecule has 2 amide bonds. The number of methoxy groups -OCH3 is 2. The summed E-state index contributed by atoms with van der Waals surface area (Å²) in [5.74, 6) is -0.367. The Kier molecular flexibility index (Phi) is 12.9. The summed E-state index contributed by atoms with van der Waals surface area (Å²) >= 11 is 16.8. The van der Waals surface area contributed by atoms with Crippen LogP contribution in [0.2, 0.25) is 0 Å². The molecule has 0 radical (unpaired) electrons. The molecule has 4 aromatic rings. The first kappa shape index (κ1) is 40.6.